The molecule has 0 fully saturated rings. The van der Waals surface area contributed by atoms with Gasteiger partial charge in [0, 0.05) is 23.2 Å². The highest BCUT2D eigenvalue weighted by Crippen LogP contribution is 2.40. The van der Waals surface area contributed by atoms with Crippen molar-refractivity contribution in [2.24, 2.45) is 7.05 Å². The third kappa shape index (κ3) is 3.19. The molecule has 0 aliphatic rings. The van der Waals surface area contributed by atoms with Crippen LogP contribution in [-0.2, 0) is 7.05 Å². The second kappa shape index (κ2) is 6.82. The van der Waals surface area contributed by atoms with Gasteiger partial charge in [0.15, 0.2) is 0 Å². The maximum absolute atomic E-state index is 14.2. The summed E-state index contributed by atoms with van der Waals surface area (Å²) >= 11 is 9.20. The molecule has 0 radical (unpaired) electrons. The second-order valence-electron chi connectivity index (χ2n) is 5.34. The molecule has 8 heteroatoms. The van der Waals surface area contributed by atoms with Crippen LogP contribution in [0.4, 0.5) is 13.2 Å². The van der Waals surface area contributed by atoms with Crippen LogP contribution < -0.4 is 0 Å². The van der Waals surface area contributed by atoms with Crippen LogP contribution in [0.2, 0.25) is 5.02 Å². The first-order valence-electron chi connectivity index (χ1n) is 7.11. The van der Waals surface area contributed by atoms with Crippen molar-refractivity contribution >= 4 is 27.5 Å². The molecule has 3 nitrogen and oxygen atoms in total. The summed E-state index contributed by atoms with van der Waals surface area (Å²) in [6, 6.07) is 6.96. The Hall–Kier alpha value is -1.83. The van der Waals surface area contributed by atoms with Gasteiger partial charge in [-0.05, 0) is 40.2 Å². The van der Waals surface area contributed by atoms with Gasteiger partial charge in [0.2, 0.25) is 0 Å². The molecule has 0 bridgehead atoms. The van der Waals surface area contributed by atoms with E-state index in [2.05, 4.69) is 21.0 Å². The number of aliphatic hydroxyl groups is 1. The summed E-state index contributed by atoms with van der Waals surface area (Å²) in [5.74, 6) is -2.16. The van der Waals surface area contributed by atoms with E-state index in [1.165, 1.54) is 23.9 Å². The minimum Gasteiger partial charge on any atom is -0.383 e. The van der Waals surface area contributed by atoms with E-state index in [-0.39, 0.29) is 32.0 Å². The zero-order chi connectivity index (χ0) is 18.3. The lowest BCUT2D eigenvalue weighted by atomic mass is 9.98. The highest BCUT2D eigenvalue weighted by Gasteiger charge is 2.28. The van der Waals surface area contributed by atoms with Gasteiger partial charge < -0.3 is 5.11 Å². The van der Waals surface area contributed by atoms with Gasteiger partial charge in [-0.2, -0.15) is 5.10 Å². The largest absolute Gasteiger partial charge is 0.383 e. The van der Waals surface area contributed by atoms with Crippen LogP contribution in [0, 0.1) is 17.5 Å². The molecule has 2 aromatic carbocycles. The standard InChI is InChI=1S/C17H11BrClF3N2O/c1-24-15(13-11(21)3-2-4-12(13)22)14(17(18)23-24)16(25)9-6-5-8(20)7-10(9)19/h2-7,16,25H,1H3. The molecule has 0 saturated heterocycles. The molecule has 1 heterocycles. The lowest BCUT2D eigenvalue weighted by Gasteiger charge is -2.15. The van der Waals surface area contributed by atoms with Crippen LogP contribution in [-0.4, -0.2) is 14.9 Å². The van der Waals surface area contributed by atoms with E-state index in [1.54, 1.807) is 0 Å². The van der Waals surface area contributed by atoms with E-state index in [1.807, 2.05) is 0 Å². The summed E-state index contributed by atoms with van der Waals surface area (Å²) in [5, 5.41) is 14.8. The zero-order valence-corrected chi connectivity index (χ0v) is 15.1. The van der Waals surface area contributed by atoms with E-state index in [4.69, 9.17) is 11.6 Å². The number of aromatic nitrogens is 2. The average molecular weight is 432 g/mol. The Balaban J connectivity index is 2.24. The highest BCUT2D eigenvalue weighted by atomic mass is 79.9. The normalized spacial score (nSPS) is 12.4. The van der Waals surface area contributed by atoms with Crippen LogP contribution in [0.3, 0.4) is 0 Å². The third-order valence-electron chi connectivity index (χ3n) is 3.77. The van der Waals surface area contributed by atoms with Gasteiger partial charge in [-0.3, -0.25) is 4.68 Å². The van der Waals surface area contributed by atoms with Crippen LogP contribution in [0.25, 0.3) is 11.3 Å². The summed E-state index contributed by atoms with van der Waals surface area (Å²) in [5.41, 5.74) is 0.0422. The number of benzene rings is 2. The van der Waals surface area contributed by atoms with E-state index in [0.29, 0.717) is 0 Å². The predicted octanol–water partition coefficient (Wildman–Crippen LogP) is 5.00. The topological polar surface area (TPSA) is 38.0 Å². The van der Waals surface area contributed by atoms with Crippen molar-refractivity contribution in [3.05, 3.63) is 74.6 Å². The van der Waals surface area contributed by atoms with Crippen LogP contribution in [0.15, 0.2) is 41.0 Å². The summed E-state index contributed by atoms with van der Waals surface area (Å²) in [7, 11) is 1.49. The van der Waals surface area contributed by atoms with Crippen molar-refractivity contribution in [1.82, 2.24) is 9.78 Å². The second-order valence-corrected chi connectivity index (χ2v) is 6.50. The smallest absolute Gasteiger partial charge is 0.135 e. The molecule has 1 unspecified atom stereocenters. The van der Waals surface area contributed by atoms with Gasteiger partial charge >= 0.3 is 0 Å². The molecule has 130 valence electrons. The lowest BCUT2D eigenvalue weighted by Crippen LogP contribution is -2.06. The Bertz CT molecular complexity index is 941. The maximum atomic E-state index is 14.2. The zero-order valence-electron chi connectivity index (χ0n) is 12.8. The number of aliphatic hydroxyl groups excluding tert-OH is 1. The average Bonchev–Trinajstić information content (AvgIpc) is 2.81. The highest BCUT2D eigenvalue weighted by molar-refractivity contribution is 9.10. The first kappa shape index (κ1) is 18.0. The molecule has 0 aliphatic heterocycles. The molecule has 25 heavy (non-hydrogen) atoms. The maximum Gasteiger partial charge on any atom is 0.135 e. The van der Waals surface area contributed by atoms with Gasteiger partial charge in [-0.15, -0.1) is 0 Å². The van der Waals surface area contributed by atoms with E-state index in [0.717, 1.165) is 24.3 Å². The molecular weight excluding hydrogens is 421 g/mol. The summed E-state index contributed by atoms with van der Waals surface area (Å²) in [6.07, 6.45) is -1.37. The fraction of sp³-hybridized carbons (Fsp3) is 0.118. The van der Waals surface area contributed by atoms with Crippen molar-refractivity contribution in [2.45, 2.75) is 6.10 Å². The monoisotopic (exact) mass is 430 g/mol. The number of halogens is 5. The number of aryl methyl sites for hydroxylation is 1. The van der Waals surface area contributed by atoms with Crippen LogP contribution in [0.1, 0.15) is 17.2 Å². The van der Waals surface area contributed by atoms with Crippen molar-refractivity contribution in [1.29, 1.82) is 0 Å². The molecular formula is C17H11BrClF3N2O. The summed E-state index contributed by atoms with van der Waals surface area (Å²) in [4.78, 5) is 0. The molecule has 1 N–H and O–H groups in total. The van der Waals surface area contributed by atoms with Crippen molar-refractivity contribution in [2.75, 3.05) is 0 Å². The number of hydrogen-bond donors (Lipinski definition) is 1. The van der Waals surface area contributed by atoms with Crippen molar-refractivity contribution in [3.63, 3.8) is 0 Å². The molecule has 0 aliphatic carbocycles. The Kier molecular flexibility index (Phi) is 4.90. The van der Waals surface area contributed by atoms with E-state index < -0.39 is 23.6 Å². The number of hydrogen-bond acceptors (Lipinski definition) is 2. The minimum absolute atomic E-state index is 0.0109. The Morgan fingerprint density at radius 2 is 1.80 bits per heavy atom. The van der Waals surface area contributed by atoms with Gasteiger partial charge in [0.1, 0.15) is 28.2 Å². The molecule has 3 rings (SSSR count). The fourth-order valence-electron chi connectivity index (χ4n) is 2.65. The Morgan fingerprint density at radius 3 is 2.40 bits per heavy atom. The first-order valence-corrected chi connectivity index (χ1v) is 8.28. The molecule has 0 amide bonds. The molecule has 0 saturated carbocycles. The van der Waals surface area contributed by atoms with Gasteiger partial charge in [0.25, 0.3) is 0 Å². The van der Waals surface area contributed by atoms with Crippen LogP contribution >= 0.6 is 27.5 Å². The van der Waals surface area contributed by atoms with Crippen LogP contribution in [0.5, 0.6) is 0 Å². The number of rotatable bonds is 3. The molecule has 1 aromatic heterocycles. The van der Waals surface area contributed by atoms with Crippen molar-refractivity contribution in [3.8, 4) is 11.3 Å². The van der Waals surface area contributed by atoms with Crippen molar-refractivity contribution < 1.29 is 18.3 Å². The summed E-state index contributed by atoms with van der Waals surface area (Å²) in [6.45, 7) is 0. The quantitative estimate of drug-likeness (QED) is 0.634. The fourth-order valence-corrected chi connectivity index (χ4v) is 3.56. The van der Waals surface area contributed by atoms with E-state index >= 15 is 0 Å². The predicted molar refractivity (Wildman–Crippen MR) is 91.7 cm³/mol. The van der Waals surface area contributed by atoms with Gasteiger partial charge in [-0.1, -0.05) is 23.7 Å². The van der Waals surface area contributed by atoms with Gasteiger partial charge in [0.05, 0.1) is 11.3 Å². The minimum atomic E-state index is -1.37. The molecule has 3 aromatic rings. The molecule has 1 atom stereocenters. The Morgan fingerprint density at radius 1 is 1.16 bits per heavy atom. The Labute approximate surface area is 154 Å². The molecule has 0 spiro atoms. The summed E-state index contributed by atoms with van der Waals surface area (Å²) < 4.78 is 43.2. The SMILES string of the molecule is Cn1nc(Br)c(C(O)c2ccc(F)cc2Cl)c1-c1c(F)cccc1F. The third-order valence-corrected chi connectivity index (χ3v) is 4.68. The van der Waals surface area contributed by atoms with E-state index in [9.17, 15) is 18.3 Å². The number of nitrogens with zero attached hydrogens (tertiary/aromatic N) is 2. The first-order chi connectivity index (χ1) is 11.8. The lowest BCUT2D eigenvalue weighted by molar-refractivity contribution is 0.220. The van der Waals surface area contributed by atoms with Gasteiger partial charge in [-0.25, -0.2) is 13.2 Å².